The van der Waals surface area contributed by atoms with E-state index in [0.717, 1.165) is 31.4 Å². The molecule has 0 saturated carbocycles. The lowest BCUT2D eigenvalue weighted by atomic mass is 9.94. The van der Waals surface area contributed by atoms with Crippen LogP contribution in [0.1, 0.15) is 30.2 Å². The van der Waals surface area contributed by atoms with E-state index < -0.39 is 5.38 Å². The Morgan fingerprint density at radius 3 is 2.78 bits per heavy atom. The predicted octanol–water partition coefficient (Wildman–Crippen LogP) is 3.44. The molecule has 1 amide bonds. The Balaban J connectivity index is 1.82. The summed E-state index contributed by atoms with van der Waals surface area (Å²) in [4.78, 5) is 11.9. The second-order valence-corrected chi connectivity index (χ2v) is 5.11. The molecule has 2 unspecified atom stereocenters. The van der Waals surface area contributed by atoms with Gasteiger partial charge in [-0.2, -0.15) is 0 Å². The molecule has 2 rings (SSSR count). The standard InChI is InChI=1S/C15H18ClNO/c16-14(13-9-5-2-6-10-13)15(18)17-11-12-7-3-1-4-8-12/h1-3,5-6,9-10,12,14H,4,7-8,11H2,(H,17,18). The average Bonchev–Trinajstić information content (AvgIpc) is 2.46. The largest absolute Gasteiger partial charge is 0.354 e. The van der Waals surface area contributed by atoms with Gasteiger partial charge in [0.25, 0.3) is 0 Å². The molecule has 1 aliphatic carbocycles. The van der Waals surface area contributed by atoms with Crippen molar-refractivity contribution in [1.82, 2.24) is 5.32 Å². The highest BCUT2D eigenvalue weighted by molar-refractivity contribution is 6.30. The van der Waals surface area contributed by atoms with Gasteiger partial charge in [-0.3, -0.25) is 4.79 Å². The number of alkyl halides is 1. The minimum absolute atomic E-state index is 0.0996. The van der Waals surface area contributed by atoms with E-state index >= 15 is 0 Å². The van der Waals surface area contributed by atoms with Gasteiger partial charge in [0, 0.05) is 6.54 Å². The molecule has 18 heavy (non-hydrogen) atoms. The zero-order valence-electron chi connectivity index (χ0n) is 10.3. The summed E-state index contributed by atoms with van der Waals surface area (Å²) < 4.78 is 0. The topological polar surface area (TPSA) is 29.1 Å². The number of hydrogen-bond donors (Lipinski definition) is 1. The maximum Gasteiger partial charge on any atom is 0.242 e. The quantitative estimate of drug-likeness (QED) is 0.654. The van der Waals surface area contributed by atoms with Crippen LogP contribution in [-0.4, -0.2) is 12.5 Å². The highest BCUT2D eigenvalue weighted by atomic mass is 35.5. The normalized spacial score (nSPS) is 20.4. The van der Waals surface area contributed by atoms with Gasteiger partial charge in [-0.1, -0.05) is 42.5 Å². The maximum absolute atomic E-state index is 11.9. The molecule has 96 valence electrons. The third-order valence-electron chi connectivity index (χ3n) is 3.27. The molecule has 1 aromatic rings. The number of halogens is 1. The molecule has 0 aromatic heterocycles. The summed E-state index contributed by atoms with van der Waals surface area (Å²) in [5, 5.41) is 2.35. The van der Waals surface area contributed by atoms with Crippen molar-refractivity contribution in [3.63, 3.8) is 0 Å². The fourth-order valence-corrected chi connectivity index (χ4v) is 2.37. The first-order valence-electron chi connectivity index (χ1n) is 6.39. The monoisotopic (exact) mass is 263 g/mol. The van der Waals surface area contributed by atoms with Crippen LogP contribution in [0.15, 0.2) is 42.5 Å². The Kier molecular flexibility index (Phi) is 4.82. The predicted molar refractivity (Wildman–Crippen MR) is 74.5 cm³/mol. The minimum Gasteiger partial charge on any atom is -0.354 e. The third-order valence-corrected chi connectivity index (χ3v) is 3.72. The average molecular weight is 264 g/mol. The lowest BCUT2D eigenvalue weighted by molar-refractivity contribution is -0.121. The van der Waals surface area contributed by atoms with Crippen LogP contribution in [0.4, 0.5) is 0 Å². The van der Waals surface area contributed by atoms with Crippen molar-refractivity contribution in [2.24, 2.45) is 5.92 Å². The molecule has 1 N–H and O–H groups in total. The van der Waals surface area contributed by atoms with E-state index in [1.54, 1.807) is 0 Å². The van der Waals surface area contributed by atoms with Gasteiger partial charge in [0.05, 0.1) is 0 Å². The van der Waals surface area contributed by atoms with E-state index in [2.05, 4.69) is 17.5 Å². The number of benzene rings is 1. The van der Waals surface area contributed by atoms with E-state index in [4.69, 9.17) is 11.6 Å². The van der Waals surface area contributed by atoms with Crippen LogP contribution < -0.4 is 5.32 Å². The van der Waals surface area contributed by atoms with Gasteiger partial charge in [0.15, 0.2) is 0 Å². The molecule has 1 aliphatic rings. The van der Waals surface area contributed by atoms with Crippen molar-refractivity contribution in [1.29, 1.82) is 0 Å². The number of carbonyl (C=O) groups is 1. The highest BCUT2D eigenvalue weighted by Crippen LogP contribution is 2.21. The number of hydrogen-bond acceptors (Lipinski definition) is 1. The Hall–Kier alpha value is -1.28. The lowest BCUT2D eigenvalue weighted by Gasteiger charge is -2.19. The van der Waals surface area contributed by atoms with Crippen LogP contribution in [0.3, 0.4) is 0 Å². The van der Waals surface area contributed by atoms with E-state index in [1.165, 1.54) is 0 Å². The Bertz CT molecular complexity index is 416. The first-order chi connectivity index (χ1) is 8.77. The van der Waals surface area contributed by atoms with Crippen molar-refractivity contribution >= 4 is 17.5 Å². The molecule has 0 bridgehead atoms. The molecular formula is C15H18ClNO. The summed E-state index contributed by atoms with van der Waals surface area (Å²) in [5.41, 5.74) is 0.847. The van der Waals surface area contributed by atoms with Gasteiger partial charge in [0.1, 0.15) is 5.38 Å². The van der Waals surface area contributed by atoms with E-state index in [9.17, 15) is 4.79 Å². The molecule has 3 heteroatoms. The van der Waals surface area contributed by atoms with Crippen molar-refractivity contribution in [3.05, 3.63) is 48.0 Å². The molecular weight excluding hydrogens is 246 g/mol. The molecule has 0 aliphatic heterocycles. The van der Waals surface area contributed by atoms with Gasteiger partial charge < -0.3 is 5.32 Å². The Labute approximate surface area is 113 Å². The van der Waals surface area contributed by atoms with Crippen LogP contribution in [0, 0.1) is 5.92 Å². The van der Waals surface area contributed by atoms with Crippen LogP contribution in [0.2, 0.25) is 0 Å². The summed E-state index contributed by atoms with van der Waals surface area (Å²) in [6, 6.07) is 9.45. The number of allylic oxidation sites excluding steroid dienone is 2. The second kappa shape index (κ2) is 6.60. The van der Waals surface area contributed by atoms with Crippen LogP contribution in [0.5, 0.6) is 0 Å². The maximum atomic E-state index is 11.9. The zero-order valence-corrected chi connectivity index (χ0v) is 11.1. The SMILES string of the molecule is O=C(NCC1CC=CCC1)C(Cl)c1ccccc1. The van der Waals surface area contributed by atoms with Crippen LogP contribution in [-0.2, 0) is 4.79 Å². The summed E-state index contributed by atoms with van der Waals surface area (Å²) >= 11 is 6.15. The number of nitrogens with one attached hydrogen (secondary N) is 1. The van der Waals surface area contributed by atoms with Crippen molar-refractivity contribution in [3.8, 4) is 0 Å². The lowest BCUT2D eigenvalue weighted by Crippen LogP contribution is -2.32. The van der Waals surface area contributed by atoms with Crippen molar-refractivity contribution in [2.75, 3.05) is 6.54 Å². The van der Waals surface area contributed by atoms with E-state index in [0.29, 0.717) is 5.92 Å². The summed E-state index contributed by atoms with van der Waals surface area (Å²) in [5.74, 6) is 0.455. The highest BCUT2D eigenvalue weighted by Gasteiger charge is 2.18. The molecule has 1 aromatic carbocycles. The van der Waals surface area contributed by atoms with Crippen LogP contribution >= 0.6 is 11.6 Å². The van der Waals surface area contributed by atoms with E-state index in [1.807, 2.05) is 30.3 Å². The minimum atomic E-state index is -0.592. The molecule has 2 atom stereocenters. The Morgan fingerprint density at radius 2 is 2.11 bits per heavy atom. The van der Waals surface area contributed by atoms with Gasteiger partial charge in [-0.05, 0) is 30.7 Å². The molecule has 0 spiro atoms. The third kappa shape index (κ3) is 3.61. The van der Waals surface area contributed by atoms with Crippen molar-refractivity contribution < 1.29 is 4.79 Å². The fourth-order valence-electron chi connectivity index (χ4n) is 2.15. The summed E-state index contributed by atoms with van der Waals surface area (Å²) in [7, 11) is 0. The number of carbonyl (C=O) groups excluding carboxylic acids is 1. The molecule has 2 nitrogen and oxygen atoms in total. The molecule has 0 radical (unpaired) electrons. The van der Waals surface area contributed by atoms with Crippen LogP contribution in [0.25, 0.3) is 0 Å². The second-order valence-electron chi connectivity index (χ2n) is 4.67. The van der Waals surface area contributed by atoms with E-state index in [-0.39, 0.29) is 5.91 Å². The summed E-state index contributed by atoms with van der Waals surface area (Å²) in [6.07, 6.45) is 7.71. The van der Waals surface area contributed by atoms with Gasteiger partial charge in [-0.15, -0.1) is 11.6 Å². The first kappa shape index (κ1) is 13.2. The zero-order chi connectivity index (χ0) is 12.8. The van der Waals surface area contributed by atoms with Gasteiger partial charge in [-0.25, -0.2) is 0 Å². The molecule has 0 heterocycles. The smallest absolute Gasteiger partial charge is 0.242 e. The first-order valence-corrected chi connectivity index (χ1v) is 6.82. The Morgan fingerprint density at radius 1 is 1.33 bits per heavy atom. The van der Waals surface area contributed by atoms with Gasteiger partial charge >= 0.3 is 0 Å². The number of rotatable bonds is 4. The molecule has 0 fully saturated rings. The molecule has 0 saturated heterocycles. The number of amides is 1. The van der Waals surface area contributed by atoms with Gasteiger partial charge in [0.2, 0.25) is 5.91 Å². The van der Waals surface area contributed by atoms with Crippen molar-refractivity contribution in [2.45, 2.75) is 24.6 Å². The summed E-state index contributed by atoms with van der Waals surface area (Å²) in [6.45, 7) is 0.721. The fraction of sp³-hybridized carbons (Fsp3) is 0.400.